The second kappa shape index (κ2) is 9.21. The predicted octanol–water partition coefficient (Wildman–Crippen LogP) is 2.16. The molecule has 0 aliphatic carbocycles. The number of anilines is 1. The van der Waals surface area contributed by atoms with Gasteiger partial charge in [-0.1, -0.05) is 72.4 Å². The molecule has 0 radical (unpaired) electrons. The number of nitrogen functional groups attached to an aromatic ring is 1. The van der Waals surface area contributed by atoms with Crippen LogP contribution in [0.15, 0.2) is 75.4 Å². The Morgan fingerprint density at radius 1 is 0.879 bits per heavy atom. The molecule has 2 heterocycles. The Labute approximate surface area is 192 Å². The van der Waals surface area contributed by atoms with Crippen molar-refractivity contribution in [3.05, 3.63) is 87.1 Å². The molecule has 0 atom stereocenters. The molecule has 0 aliphatic rings. The lowest BCUT2D eigenvalue weighted by Gasteiger charge is -2.11. The Morgan fingerprint density at radius 3 is 2.06 bits per heavy atom. The van der Waals surface area contributed by atoms with E-state index in [-0.39, 0.29) is 22.3 Å². The van der Waals surface area contributed by atoms with Gasteiger partial charge in [0.2, 0.25) is 5.16 Å². The maximum atomic E-state index is 12.8. The average Bonchev–Trinajstić information content (AvgIpc) is 2.86. The second-order valence-corrected chi connectivity index (χ2v) is 8.14. The van der Waals surface area contributed by atoms with E-state index in [9.17, 15) is 14.4 Å². The molecule has 4 aromatic rings. The van der Waals surface area contributed by atoms with Crippen LogP contribution in [0.5, 0.6) is 0 Å². The summed E-state index contributed by atoms with van der Waals surface area (Å²) in [6.07, 6.45) is 0. The lowest BCUT2D eigenvalue weighted by Crippen LogP contribution is -2.41. The Bertz CT molecular complexity index is 1450. The number of nitrogens with zero attached hydrogens (tertiary/aromatic N) is 5. The zero-order valence-electron chi connectivity index (χ0n) is 17.9. The number of benzene rings is 2. The van der Waals surface area contributed by atoms with Crippen molar-refractivity contribution in [1.82, 2.24) is 24.3 Å². The maximum Gasteiger partial charge on any atom is 0.332 e. The largest absolute Gasteiger partial charge is 0.384 e. The fourth-order valence-electron chi connectivity index (χ4n) is 3.28. The summed E-state index contributed by atoms with van der Waals surface area (Å²) >= 11 is 1.04. The summed E-state index contributed by atoms with van der Waals surface area (Å²) in [6.45, 7) is 0. The van der Waals surface area contributed by atoms with Gasteiger partial charge in [0.05, 0.1) is 5.75 Å². The van der Waals surface area contributed by atoms with Gasteiger partial charge in [-0.2, -0.15) is 0 Å². The molecular formula is C23H20N6O3S. The van der Waals surface area contributed by atoms with Gasteiger partial charge >= 0.3 is 5.69 Å². The minimum atomic E-state index is -0.732. The van der Waals surface area contributed by atoms with Crippen molar-refractivity contribution in [3.63, 3.8) is 0 Å². The standard InChI is InChI=1S/C23H20N6O3S/c1-28-20(24)17(21(31)29(2)23(28)32)16(30)13-33-22-25-18(14-9-5-3-6-10-14)19(26-27-22)15-11-7-4-8-12-15/h3-12H,13,24H2,1-2H3. The molecule has 0 fully saturated rings. The molecule has 0 saturated heterocycles. The monoisotopic (exact) mass is 460 g/mol. The molecule has 0 saturated carbocycles. The number of carbonyl (C=O) groups excluding carboxylic acids is 1. The van der Waals surface area contributed by atoms with Crippen molar-refractivity contribution in [2.75, 3.05) is 11.5 Å². The lowest BCUT2D eigenvalue weighted by molar-refractivity contribution is 0.102. The molecule has 33 heavy (non-hydrogen) atoms. The van der Waals surface area contributed by atoms with Gasteiger partial charge in [0.25, 0.3) is 5.56 Å². The van der Waals surface area contributed by atoms with Gasteiger partial charge in [-0.3, -0.25) is 18.7 Å². The van der Waals surface area contributed by atoms with Crippen molar-refractivity contribution >= 4 is 23.4 Å². The fraction of sp³-hybridized carbons (Fsp3) is 0.130. The fourth-order valence-corrected chi connectivity index (χ4v) is 3.94. The molecule has 2 aromatic carbocycles. The summed E-state index contributed by atoms with van der Waals surface area (Å²) in [5.41, 5.74) is 7.29. The molecule has 0 spiro atoms. The summed E-state index contributed by atoms with van der Waals surface area (Å²) < 4.78 is 1.92. The summed E-state index contributed by atoms with van der Waals surface area (Å²) in [7, 11) is 2.71. The van der Waals surface area contributed by atoms with Crippen LogP contribution in [-0.2, 0) is 14.1 Å². The van der Waals surface area contributed by atoms with E-state index >= 15 is 0 Å². The van der Waals surface area contributed by atoms with E-state index in [1.165, 1.54) is 14.1 Å². The van der Waals surface area contributed by atoms with Crippen LogP contribution in [0.1, 0.15) is 10.4 Å². The molecular weight excluding hydrogens is 440 g/mol. The normalized spacial score (nSPS) is 10.8. The van der Waals surface area contributed by atoms with Crippen molar-refractivity contribution in [1.29, 1.82) is 0 Å². The number of ketones is 1. The minimum Gasteiger partial charge on any atom is -0.384 e. The molecule has 0 amide bonds. The van der Waals surface area contributed by atoms with E-state index in [2.05, 4.69) is 15.2 Å². The van der Waals surface area contributed by atoms with E-state index < -0.39 is 17.0 Å². The van der Waals surface area contributed by atoms with Gasteiger partial charge in [0.15, 0.2) is 5.78 Å². The van der Waals surface area contributed by atoms with Gasteiger partial charge in [0.1, 0.15) is 22.8 Å². The lowest BCUT2D eigenvalue weighted by atomic mass is 10.0. The Morgan fingerprint density at radius 2 is 1.45 bits per heavy atom. The number of aromatic nitrogens is 5. The van der Waals surface area contributed by atoms with Crippen molar-refractivity contribution in [3.8, 4) is 22.5 Å². The van der Waals surface area contributed by atoms with Gasteiger partial charge in [-0.25, -0.2) is 9.78 Å². The minimum absolute atomic E-state index is 0.141. The third-order valence-electron chi connectivity index (χ3n) is 5.08. The first-order valence-corrected chi connectivity index (χ1v) is 10.9. The molecule has 166 valence electrons. The van der Waals surface area contributed by atoms with Crippen molar-refractivity contribution in [2.45, 2.75) is 5.16 Å². The highest BCUT2D eigenvalue weighted by molar-refractivity contribution is 7.99. The molecule has 0 bridgehead atoms. The molecule has 10 heteroatoms. The summed E-state index contributed by atoms with van der Waals surface area (Å²) in [6, 6.07) is 19.1. The smallest absolute Gasteiger partial charge is 0.332 e. The van der Waals surface area contributed by atoms with Gasteiger partial charge in [0, 0.05) is 25.2 Å². The molecule has 0 unspecified atom stereocenters. The van der Waals surface area contributed by atoms with Gasteiger partial charge < -0.3 is 5.73 Å². The topological polar surface area (TPSA) is 126 Å². The van der Waals surface area contributed by atoms with Crippen LogP contribution in [0.2, 0.25) is 0 Å². The molecule has 2 N–H and O–H groups in total. The average molecular weight is 461 g/mol. The second-order valence-electron chi connectivity index (χ2n) is 7.20. The van der Waals surface area contributed by atoms with E-state index in [1.807, 2.05) is 60.7 Å². The highest BCUT2D eigenvalue weighted by Crippen LogP contribution is 2.29. The van der Waals surface area contributed by atoms with Crippen LogP contribution < -0.4 is 17.0 Å². The SMILES string of the molecule is Cn1c(N)c(C(=O)CSc2nnc(-c3ccccc3)c(-c3ccccc3)n2)c(=O)n(C)c1=O. The molecule has 9 nitrogen and oxygen atoms in total. The van der Waals surface area contributed by atoms with Gasteiger partial charge in [-0.05, 0) is 0 Å². The van der Waals surface area contributed by atoms with Crippen LogP contribution in [0.3, 0.4) is 0 Å². The van der Waals surface area contributed by atoms with Crippen LogP contribution in [0.25, 0.3) is 22.5 Å². The summed E-state index contributed by atoms with van der Waals surface area (Å²) in [4.78, 5) is 41.9. The van der Waals surface area contributed by atoms with Crippen molar-refractivity contribution in [2.24, 2.45) is 14.1 Å². The van der Waals surface area contributed by atoms with Crippen LogP contribution in [0.4, 0.5) is 5.82 Å². The number of carbonyl (C=O) groups is 1. The summed E-state index contributed by atoms with van der Waals surface area (Å²) in [5, 5.41) is 8.83. The zero-order valence-corrected chi connectivity index (χ0v) is 18.7. The third-order valence-corrected chi connectivity index (χ3v) is 5.92. The number of rotatable bonds is 6. The highest BCUT2D eigenvalue weighted by atomic mass is 32.2. The third kappa shape index (κ3) is 4.33. The number of thioether (sulfide) groups is 1. The quantitative estimate of drug-likeness (QED) is 0.343. The predicted molar refractivity (Wildman–Crippen MR) is 127 cm³/mol. The van der Waals surface area contributed by atoms with Crippen LogP contribution >= 0.6 is 11.8 Å². The molecule has 2 aromatic heterocycles. The van der Waals surface area contributed by atoms with E-state index in [4.69, 9.17) is 5.73 Å². The van der Waals surface area contributed by atoms with E-state index in [0.717, 1.165) is 32.0 Å². The van der Waals surface area contributed by atoms with Gasteiger partial charge in [-0.15, -0.1) is 10.2 Å². The Kier molecular flexibility index (Phi) is 6.18. The first-order valence-electron chi connectivity index (χ1n) is 9.95. The Hall–Kier alpha value is -4.05. The zero-order chi connectivity index (χ0) is 23.5. The van der Waals surface area contributed by atoms with E-state index in [1.54, 1.807) is 0 Å². The Balaban J connectivity index is 1.67. The van der Waals surface area contributed by atoms with Crippen molar-refractivity contribution < 1.29 is 4.79 Å². The highest BCUT2D eigenvalue weighted by Gasteiger charge is 2.21. The van der Waals surface area contributed by atoms with Crippen LogP contribution in [-0.4, -0.2) is 35.9 Å². The van der Waals surface area contributed by atoms with Crippen LogP contribution in [0, 0.1) is 0 Å². The molecule has 4 rings (SSSR count). The first kappa shape index (κ1) is 22.2. The number of hydrogen-bond donors (Lipinski definition) is 1. The number of nitrogens with two attached hydrogens (primary N) is 1. The number of Topliss-reactive ketones (excluding diaryl/α,β-unsaturated/α-hetero) is 1. The maximum absolute atomic E-state index is 12.8. The summed E-state index contributed by atoms with van der Waals surface area (Å²) in [5.74, 6) is -0.832. The number of hydrogen-bond acceptors (Lipinski definition) is 8. The van der Waals surface area contributed by atoms with E-state index in [0.29, 0.717) is 11.4 Å². The first-order chi connectivity index (χ1) is 15.9. The molecule has 0 aliphatic heterocycles.